The Morgan fingerprint density at radius 3 is 1.75 bits per heavy atom. The third-order valence-electron chi connectivity index (χ3n) is 0.946. The molecule has 0 heterocycles. The average molecular weight is 116 g/mol. The molecule has 0 spiro atoms. The van der Waals surface area contributed by atoms with E-state index in [2.05, 4.69) is 0 Å². The van der Waals surface area contributed by atoms with E-state index in [4.69, 9.17) is 0 Å². The summed E-state index contributed by atoms with van der Waals surface area (Å²) in [5.41, 5.74) is 0. The third kappa shape index (κ3) is 4.09. The van der Waals surface area contributed by atoms with Crippen molar-refractivity contribution < 1.29 is 0 Å². The Balaban J connectivity index is 2.92. The fraction of sp³-hybridized carbons (Fsp3) is 1.00. The molecule has 0 rings (SSSR count). The standard InChI is InChI=1S/C6H14NO/c1-3-5-7(8)6-4-2/h3-6H2,1-2H3/q-1. The van der Waals surface area contributed by atoms with Crippen LogP contribution in [0.1, 0.15) is 26.7 Å². The lowest BCUT2D eigenvalue weighted by atomic mass is 10.4. The van der Waals surface area contributed by atoms with Crippen LogP contribution in [-0.2, 0) is 0 Å². The molecular weight excluding hydrogens is 102 g/mol. The lowest BCUT2D eigenvalue weighted by Gasteiger charge is -2.26. The van der Waals surface area contributed by atoms with Crippen molar-refractivity contribution in [3.8, 4) is 0 Å². The summed E-state index contributed by atoms with van der Waals surface area (Å²) in [6.07, 6.45) is 1.92. The Morgan fingerprint density at radius 1 is 1.12 bits per heavy atom. The topological polar surface area (TPSA) is 26.3 Å². The monoisotopic (exact) mass is 116 g/mol. The molecule has 8 heavy (non-hydrogen) atoms. The second-order valence-corrected chi connectivity index (χ2v) is 1.93. The summed E-state index contributed by atoms with van der Waals surface area (Å²) < 4.78 is 0. The number of hydroxylamine groups is 2. The van der Waals surface area contributed by atoms with Crippen molar-refractivity contribution in [2.75, 3.05) is 13.1 Å². The van der Waals surface area contributed by atoms with Gasteiger partial charge in [0.15, 0.2) is 0 Å². The van der Waals surface area contributed by atoms with Crippen LogP contribution in [0.15, 0.2) is 0 Å². The molecule has 0 saturated carbocycles. The van der Waals surface area contributed by atoms with Gasteiger partial charge in [0.25, 0.3) is 0 Å². The molecule has 0 aromatic rings. The summed E-state index contributed by atoms with van der Waals surface area (Å²) >= 11 is 0. The summed E-state index contributed by atoms with van der Waals surface area (Å²) in [5, 5.41) is 11.7. The fourth-order valence-electron chi connectivity index (χ4n) is 0.611. The molecule has 0 N–H and O–H groups in total. The number of hydrogen-bond acceptors (Lipinski definition) is 2. The fourth-order valence-corrected chi connectivity index (χ4v) is 0.611. The molecule has 0 saturated heterocycles. The van der Waals surface area contributed by atoms with E-state index in [9.17, 15) is 5.21 Å². The SMILES string of the molecule is CCCN([O-])CCC. The molecule has 0 aromatic carbocycles. The van der Waals surface area contributed by atoms with Gasteiger partial charge in [-0.25, -0.2) is 0 Å². The molecular formula is C6H14NO-. The predicted molar refractivity (Wildman–Crippen MR) is 35.5 cm³/mol. The van der Waals surface area contributed by atoms with Crippen LogP contribution >= 0.6 is 0 Å². The molecule has 0 bridgehead atoms. The first-order valence-electron chi connectivity index (χ1n) is 3.23. The van der Waals surface area contributed by atoms with E-state index >= 15 is 0 Å². The Kier molecular flexibility index (Phi) is 5.01. The quantitative estimate of drug-likeness (QED) is 0.521. The summed E-state index contributed by atoms with van der Waals surface area (Å²) in [4.78, 5) is 0. The van der Waals surface area contributed by atoms with Gasteiger partial charge in [-0.15, -0.1) is 0 Å². The molecule has 0 aliphatic rings. The van der Waals surface area contributed by atoms with Crippen LogP contribution in [0.5, 0.6) is 0 Å². The molecule has 0 unspecified atom stereocenters. The van der Waals surface area contributed by atoms with Crippen LogP contribution < -0.4 is 0 Å². The number of nitrogens with zero attached hydrogens (tertiary/aromatic N) is 1. The zero-order valence-corrected chi connectivity index (χ0v) is 5.68. The molecule has 0 amide bonds. The van der Waals surface area contributed by atoms with E-state index in [1.807, 2.05) is 13.8 Å². The van der Waals surface area contributed by atoms with Crippen LogP contribution in [0.2, 0.25) is 0 Å². The maximum Gasteiger partial charge on any atom is -0.0147 e. The summed E-state index contributed by atoms with van der Waals surface area (Å²) in [6, 6.07) is 0. The summed E-state index contributed by atoms with van der Waals surface area (Å²) in [7, 11) is 0. The van der Waals surface area contributed by atoms with Crippen LogP contribution in [0.4, 0.5) is 0 Å². The molecule has 0 radical (unpaired) electrons. The number of rotatable bonds is 4. The van der Waals surface area contributed by atoms with Crippen molar-refractivity contribution in [3.05, 3.63) is 5.21 Å². The highest BCUT2D eigenvalue weighted by atomic mass is 16.5. The van der Waals surface area contributed by atoms with Gasteiger partial charge >= 0.3 is 0 Å². The molecule has 2 nitrogen and oxygen atoms in total. The van der Waals surface area contributed by atoms with Gasteiger partial charge in [0.1, 0.15) is 0 Å². The average Bonchev–Trinajstić information content (AvgIpc) is 1.68. The van der Waals surface area contributed by atoms with Crippen molar-refractivity contribution in [2.45, 2.75) is 26.7 Å². The van der Waals surface area contributed by atoms with Crippen molar-refractivity contribution in [3.63, 3.8) is 0 Å². The first-order valence-corrected chi connectivity index (χ1v) is 3.23. The van der Waals surface area contributed by atoms with Crippen molar-refractivity contribution in [2.24, 2.45) is 0 Å². The van der Waals surface area contributed by atoms with Crippen LogP contribution in [0.3, 0.4) is 0 Å². The van der Waals surface area contributed by atoms with Gasteiger partial charge in [-0.1, -0.05) is 13.8 Å². The van der Waals surface area contributed by atoms with Crippen molar-refractivity contribution >= 4 is 0 Å². The Hall–Kier alpha value is -0.0800. The first-order chi connectivity index (χ1) is 3.81. The van der Waals surface area contributed by atoms with Gasteiger partial charge in [0, 0.05) is 0 Å². The van der Waals surface area contributed by atoms with Crippen LogP contribution in [0, 0.1) is 5.21 Å². The van der Waals surface area contributed by atoms with Crippen molar-refractivity contribution in [1.29, 1.82) is 0 Å². The van der Waals surface area contributed by atoms with Gasteiger partial charge < -0.3 is 10.3 Å². The highest BCUT2D eigenvalue weighted by Crippen LogP contribution is 1.88. The molecule has 0 aliphatic carbocycles. The molecule has 0 fully saturated rings. The highest BCUT2D eigenvalue weighted by molar-refractivity contribution is 4.52. The molecule has 0 aromatic heterocycles. The first kappa shape index (κ1) is 7.92. The third-order valence-corrected chi connectivity index (χ3v) is 0.946. The van der Waals surface area contributed by atoms with E-state index in [1.165, 1.54) is 0 Å². The maximum absolute atomic E-state index is 10.6. The predicted octanol–water partition coefficient (Wildman–Crippen LogP) is 1.61. The lowest BCUT2D eigenvalue weighted by Crippen LogP contribution is -2.17. The van der Waals surface area contributed by atoms with Crippen LogP contribution in [-0.4, -0.2) is 18.2 Å². The Labute approximate surface area is 51.1 Å². The Bertz CT molecular complexity index is 41.8. The van der Waals surface area contributed by atoms with Gasteiger partial charge in [-0.2, -0.15) is 0 Å². The maximum atomic E-state index is 10.6. The van der Waals surface area contributed by atoms with E-state index in [1.54, 1.807) is 0 Å². The highest BCUT2D eigenvalue weighted by Gasteiger charge is 1.83. The van der Waals surface area contributed by atoms with Gasteiger partial charge in [-0.05, 0) is 25.9 Å². The van der Waals surface area contributed by atoms with Crippen LogP contribution in [0.25, 0.3) is 0 Å². The molecule has 0 aliphatic heterocycles. The number of hydrogen-bond donors (Lipinski definition) is 0. The zero-order valence-electron chi connectivity index (χ0n) is 5.68. The second-order valence-electron chi connectivity index (χ2n) is 1.93. The molecule has 2 heteroatoms. The zero-order chi connectivity index (χ0) is 6.41. The van der Waals surface area contributed by atoms with Crippen molar-refractivity contribution in [1.82, 2.24) is 5.06 Å². The summed E-state index contributed by atoms with van der Waals surface area (Å²) in [6.45, 7) is 5.41. The van der Waals surface area contributed by atoms with Gasteiger partial charge in [-0.3, -0.25) is 0 Å². The second kappa shape index (κ2) is 5.06. The van der Waals surface area contributed by atoms with Gasteiger partial charge in [0.2, 0.25) is 0 Å². The smallest absolute Gasteiger partial charge is 0.0147 e. The van der Waals surface area contributed by atoms with E-state index < -0.39 is 0 Å². The minimum absolute atomic E-state index is 0.688. The largest absolute Gasteiger partial charge is 0.785 e. The van der Waals surface area contributed by atoms with Gasteiger partial charge in [0.05, 0.1) is 0 Å². The van der Waals surface area contributed by atoms with E-state index in [0.29, 0.717) is 13.1 Å². The minimum Gasteiger partial charge on any atom is -0.785 e. The minimum atomic E-state index is 0.688. The molecule has 50 valence electrons. The van der Waals surface area contributed by atoms with E-state index in [0.717, 1.165) is 17.9 Å². The summed E-state index contributed by atoms with van der Waals surface area (Å²) in [5.74, 6) is 0. The lowest BCUT2D eigenvalue weighted by molar-refractivity contribution is 0.377. The molecule has 0 atom stereocenters. The Morgan fingerprint density at radius 2 is 1.50 bits per heavy atom. The normalized spacial score (nSPS) is 10.5. The van der Waals surface area contributed by atoms with E-state index in [-0.39, 0.29) is 0 Å².